The quantitative estimate of drug-likeness (QED) is 0.903. The Morgan fingerprint density at radius 2 is 2.30 bits per heavy atom. The lowest BCUT2D eigenvalue weighted by Crippen LogP contribution is -2.17. The average Bonchev–Trinajstić information content (AvgIpc) is 3.12. The number of rotatable bonds is 5. The summed E-state index contributed by atoms with van der Waals surface area (Å²) in [6, 6.07) is 2.77. The largest absolute Gasteiger partial charge is 0.328 e. The number of aromatic nitrogens is 5. The molecule has 7 heteroatoms. The fourth-order valence-electron chi connectivity index (χ4n) is 2.10. The smallest absolute Gasteiger partial charge is 0.215 e. The first kappa shape index (κ1) is 13.5. The van der Waals surface area contributed by atoms with E-state index in [2.05, 4.69) is 33.5 Å². The molecule has 106 valence electrons. The van der Waals surface area contributed by atoms with Crippen LogP contribution in [0.15, 0.2) is 22.4 Å². The van der Waals surface area contributed by atoms with E-state index in [1.54, 1.807) is 0 Å². The van der Waals surface area contributed by atoms with Crippen molar-refractivity contribution in [3.05, 3.63) is 23.4 Å². The van der Waals surface area contributed by atoms with Crippen LogP contribution in [0.25, 0.3) is 0 Å². The summed E-state index contributed by atoms with van der Waals surface area (Å²) >= 11 is 1.53. The van der Waals surface area contributed by atoms with Crippen LogP contribution in [0.1, 0.15) is 36.9 Å². The summed E-state index contributed by atoms with van der Waals surface area (Å²) in [7, 11) is 0. The molecule has 0 spiro atoms. The van der Waals surface area contributed by atoms with Crippen LogP contribution in [-0.2, 0) is 6.42 Å². The Hall–Kier alpha value is -1.47. The molecule has 0 aliphatic heterocycles. The van der Waals surface area contributed by atoms with E-state index in [4.69, 9.17) is 5.73 Å². The van der Waals surface area contributed by atoms with Crippen molar-refractivity contribution in [1.82, 2.24) is 25.2 Å². The first-order valence-corrected chi connectivity index (χ1v) is 7.62. The van der Waals surface area contributed by atoms with Crippen LogP contribution in [0, 0.1) is 6.92 Å². The molecule has 2 heterocycles. The maximum absolute atomic E-state index is 5.82. The highest BCUT2D eigenvalue weighted by Gasteiger charge is 2.28. The zero-order valence-corrected chi connectivity index (χ0v) is 12.5. The fourth-order valence-corrected chi connectivity index (χ4v) is 2.95. The van der Waals surface area contributed by atoms with Gasteiger partial charge in [0, 0.05) is 12.2 Å². The zero-order valence-electron chi connectivity index (χ0n) is 11.7. The van der Waals surface area contributed by atoms with E-state index in [9.17, 15) is 0 Å². The van der Waals surface area contributed by atoms with Crippen LogP contribution in [0.4, 0.5) is 0 Å². The molecule has 1 fully saturated rings. The predicted molar refractivity (Wildman–Crippen MR) is 76.5 cm³/mol. The van der Waals surface area contributed by atoms with Gasteiger partial charge in [-0.15, -0.1) is 5.10 Å². The van der Waals surface area contributed by atoms with Gasteiger partial charge < -0.3 is 5.73 Å². The molecule has 0 saturated heterocycles. The molecule has 0 amide bonds. The van der Waals surface area contributed by atoms with Crippen LogP contribution in [0.2, 0.25) is 0 Å². The van der Waals surface area contributed by atoms with Gasteiger partial charge in [0.05, 0.1) is 6.04 Å². The van der Waals surface area contributed by atoms with Crippen LogP contribution < -0.4 is 5.73 Å². The lowest BCUT2D eigenvalue weighted by atomic mass is 10.1. The monoisotopic (exact) mass is 290 g/mol. The molecule has 1 atom stereocenters. The highest BCUT2D eigenvalue weighted by molar-refractivity contribution is 7.99. The molecule has 3 rings (SSSR count). The van der Waals surface area contributed by atoms with Crippen LogP contribution in [0.3, 0.4) is 0 Å². The third-order valence-corrected chi connectivity index (χ3v) is 4.26. The van der Waals surface area contributed by atoms with Gasteiger partial charge in [-0.25, -0.2) is 9.67 Å². The molecular weight excluding hydrogens is 272 g/mol. The lowest BCUT2D eigenvalue weighted by Gasteiger charge is -2.08. The minimum atomic E-state index is 0.150. The Labute approximate surface area is 122 Å². The van der Waals surface area contributed by atoms with Gasteiger partial charge in [-0.1, -0.05) is 6.07 Å². The summed E-state index contributed by atoms with van der Waals surface area (Å²) in [6.07, 6.45) is 5.07. The molecule has 2 aromatic heterocycles. The summed E-state index contributed by atoms with van der Waals surface area (Å²) in [5.41, 5.74) is 8.13. The minimum Gasteiger partial charge on any atom is -0.328 e. The van der Waals surface area contributed by atoms with E-state index in [0.717, 1.165) is 22.2 Å². The summed E-state index contributed by atoms with van der Waals surface area (Å²) in [5.74, 6) is 0. The zero-order chi connectivity index (χ0) is 14.1. The van der Waals surface area contributed by atoms with Crippen LogP contribution in [-0.4, -0.2) is 31.2 Å². The van der Waals surface area contributed by atoms with Crippen molar-refractivity contribution < 1.29 is 0 Å². The van der Waals surface area contributed by atoms with E-state index in [-0.39, 0.29) is 6.04 Å². The van der Waals surface area contributed by atoms with Crippen molar-refractivity contribution in [3.63, 3.8) is 0 Å². The Morgan fingerprint density at radius 3 is 2.95 bits per heavy atom. The number of nitrogens with two attached hydrogens (primary N) is 1. The highest BCUT2D eigenvalue weighted by atomic mass is 32.2. The second-order valence-electron chi connectivity index (χ2n) is 5.39. The molecule has 1 saturated carbocycles. The summed E-state index contributed by atoms with van der Waals surface area (Å²) in [6.45, 7) is 4.06. The minimum absolute atomic E-state index is 0.150. The Kier molecular flexibility index (Phi) is 3.71. The fraction of sp³-hybridized carbons (Fsp3) is 0.538. The first-order chi connectivity index (χ1) is 9.63. The highest BCUT2D eigenvalue weighted by Crippen LogP contribution is 2.38. The van der Waals surface area contributed by atoms with Crippen molar-refractivity contribution in [2.24, 2.45) is 5.73 Å². The van der Waals surface area contributed by atoms with Crippen LogP contribution in [0.5, 0.6) is 0 Å². The SMILES string of the molecule is Cc1cc(CC(C)N)cnc1Sc1nnnn1C1CC1. The first-order valence-electron chi connectivity index (χ1n) is 6.80. The standard InChI is InChI=1S/C13H18N6S/c1-8-5-10(6-9(2)14)7-15-12(8)20-13-16-17-18-19(13)11-3-4-11/h5,7,9,11H,3-4,6,14H2,1-2H3. The average molecular weight is 290 g/mol. The summed E-state index contributed by atoms with van der Waals surface area (Å²) in [5, 5.41) is 13.7. The van der Waals surface area contributed by atoms with Crippen molar-refractivity contribution in [3.8, 4) is 0 Å². The molecule has 20 heavy (non-hydrogen) atoms. The number of hydrogen-bond acceptors (Lipinski definition) is 6. The molecule has 0 bridgehead atoms. The van der Waals surface area contributed by atoms with Crippen molar-refractivity contribution in [2.45, 2.75) is 55.4 Å². The molecular formula is C13H18N6S. The molecule has 0 radical (unpaired) electrons. The van der Waals surface area contributed by atoms with Crippen molar-refractivity contribution in [2.75, 3.05) is 0 Å². The number of hydrogen-bond donors (Lipinski definition) is 1. The van der Waals surface area contributed by atoms with E-state index < -0.39 is 0 Å². The van der Waals surface area contributed by atoms with E-state index in [0.29, 0.717) is 6.04 Å². The van der Waals surface area contributed by atoms with Gasteiger partial charge in [0.2, 0.25) is 5.16 Å². The summed E-state index contributed by atoms with van der Waals surface area (Å²) < 4.78 is 1.90. The maximum atomic E-state index is 5.82. The van der Waals surface area contributed by atoms with Gasteiger partial charge in [-0.2, -0.15) is 0 Å². The van der Waals surface area contributed by atoms with Gasteiger partial charge in [0.25, 0.3) is 0 Å². The van der Waals surface area contributed by atoms with Crippen molar-refractivity contribution >= 4 is 11.8 Å². The molecule has 1 unspecified atom stereocenters. The molecule has 0 aromatic carbocycles. The van der Waals surface area contributed by atoms with E-state index in [1.165, 1.54) is 30.2 Å². The molecule has 1 aliphatic rings. The Morgan fingerprint density at radius 1 is 1.50 bits per heavy atom. The Balaban J connectivity index is 1.78. The molecule has 2 aromatic rings. The molecule has 2 N–H and O–H groups in total. The van der Waals surface area contributed by atoms with E-state index in [1.807, 2.05) is 17.8 Å². The van der Waals surface area contributed by atoms with Gasteiger partial charge in [-0.3, -0.25) is 0 Å². The van der Waals surface area contributed by atoms with Gasteiger partial charge in [-0.05, 0) is 66.4 Å². The normalized spacial score (nSPS) is 16.4. The summed E-state index contributed by atoms with van der Waals surface area (Å²) in [4.78, 5) is 4.53. The molecule has 1 aliphatic carbocycles. The maximum Gasteiger partial charge on any atom is 0.215 e. The van der Waals surface area contributed by atoms with Gasteiger partial charge in [0.1, 0.15) is 5.03 Å². The van der Waals surface area contributed by atoms with E-state index >= 15 is 0 Å². The molecule has 6 nitrogen and oxygen atoms in total. The third kappa shape index (κ3) is 2.99. The number of pyridine rings is 1. The van der Waals surface area contributed by atoms with Gasteiger partial charge >= 0.3 is 0 Å². The van der Waals surface area contributed by atoms with Crippen molar-refractivity contribution in [1.29, 1.82) is 0 Å². The third-order valence-electron chi connectivity index (χ3n) is 3.19. The number of nitrogens with zero attached hydrogens (tertiary/aromatic N) is 5. The topological polar surface area (TPSA) is 82.5 Å². The predicted octanol–water partition coefficient (Wildman–Crippen LogP) is 1.75. The number of aryl methyl sites for hydroxylation is 1. The van der Waals surface area contributed by atoms with Crippen LogP contribution >= 0.6 is 11.8 Å². The lowest BCUT2D eigenvalue weighted by molar-refractivity contribution is 0.565. The second-order valence-corrected chi connectivity index (χ2v) is 6.34. The second kappa shape index (κ2) is 5.49. The number of tetrazole rings is 1. The van der Waals surface area contributed by atoms with Gasteiger partial charge in [0.15, 0.2) is 0 Å². The Bertz CT molecular complexity index is 605.